The zero-order chi connectivity index (χ0) is 28.8. The summed E-state index contributed by atoms with van der Waals surface area (Å²) in [6.45, 7) is 0.402. The van der Waals surface area contributed by atoms with Gasteiger partial charge in [0, 0.05) is 52.7 Å². The molecule has 2 saturated carbocycles. The second-order valence-corrected chi connectivity index (χ2v) is 14.1. The summed E-state index contributed by atoms with van der Waals surface area (Å²) in [4.78, 5) is 5.36. The molecule has 0 saturated heterocycles. The summed E-state index contributed by atoms with van der Waals surface area (Å²) in [6, 6.07) is 11.5. The maximum absolute atomic E-state index is 10.3. The average molecular weight is 571 g/mol. The zero-order valence-corrected chi connectivity index (χ0v) is 25.1. The Hall–Kier alpha value is -3.21. The molecule has 9 rings (SSSR count). The van der Waals surface area contributed by atoms with Crippen molar-refractivity contribution < 1.29 is 10.2 Å². The third-order valence-corrected chi connectivity index (χ3v) is 11.8. The van der Waals surface area contributed by atoms with Crippen molar-refractivity contribution in [1.29, 1.82) is 0 Å². The van der Waals surface area contributed by atoms with Crippen LogP contribution in [-0.4, -0.2) is 34.5 Å². The lowest BCUT2D eigenvalue weighted by Crippen LogP contribution is -2.39. The van der Waals surface area contributed by atoms with E-state index in [1.165, 1.54) is 71.0 Å². The van der Waals surface area contributed by atoms with Gasteiger partial charge in [0.05, 0.1) is 11.2 Å². The van der Waals surface area contributed by atoms with Gasteiger partial charge in [-0.25, -0.2) is 4.98 Å². The second kappa shape index (κ2) is 9.64. The zero-order valence-electron chi connectivity index (χ0n) is 25.1. The fourth-order valence-electron chi connectivity index (χ4n) is 10.0. The first-order valence-electron chi connectivity index (χ1n) is 16.9. The normalized spacial score (nSPS) is 31.3. The van der Waals surface area contributed by atoms with Gasteiger partial charge < -0.3 is 15.5 Å². The summed E-state index contributed by atoms with van der Waals surface area (Å²) in [5.41, 5.74) is 15.1. The molecular weight excluding hydrogens is 528 g/mol. The number of fused-ring (bicyclic) bond motifs is 8. The minimum Gasteiger partial charge on any atom is -0.396 e. The minimum absolute atomic E-state index is 0.168. The van der Waals surface area contributed by atoms with E-state index in [0.717, 1.165) is 56.2 Å². The minimum atomic E-state index is -0.243. The lowest BCUT2D eigenvalue weighted by molar-refractivity contribution is 0.219. The number of rotatable bonds is 8. The van der Waals surface area contributed by atoms with Crippen LogP contribution in [0.5, 0.6) is 0 Å². The Morgan fingerprint density at radius 2 is 1.79 bits per heavy atom. The molecule has 2 fully saturated rings. The van der Waals surface area contributed by atoms with E-state index in [2.05, 4.69) is 60.0 Å². The number of aromatic nitrogens is 1. The predicted molar refractivity (Wildman–Crippen MR) is 172 cm³/mol. The molecule has 3 N–H and O–H groups in total. The smallest absolute Gasteiger partial charge is 0.0750 e. The number of nitrogens with zero attached hydrogens (tertiary/aromatic N) is 1. The van der Waals surface area contributed by atoms with Crippen molar-refractivity contribution in [3.8, 4) is 0 Å². The lowest BCUT2D eigenvalue weighted by Gasteiger charge is -2.45. The van der Waals surface area contributed by atoms with Gasteiger partial charge >= 0.3 is 0 Å². The van der Waals surface area contributed by atoms with E-state index >= 15 is 0 Å². The van der Waals surface area contributed by atoms with Crippen molar-refractivity contribution in [2.75, 3.05) is 13.2 Å². The molecule has 4 unspecified atom stereocenters. The van der Waals surface area contributed by atoms with Crippen LogP contribution in [0.3, 0.4) is 0 Å². The summed E-state index contributed by atoms with van der Waals surface area (Å²) in [5.74, 6) is 0.602. The molecule has 1 aromatic carbocycles. The number of allylic oxidation sites excluding steroid dienone is 9. The highest BCUT2D eigenvalue weighted by Gasteiger charge is 2.60. The Morgan fingerprint density at radius 1 is 0.953 bits per heavy atom. The first-order valence-corrected chi connectivity index (χ1v) is 16.9. The Kier molecular flexibility index (Phi) is 5.88. The number of nitrogens with one attached hydrogen (secondary N) is 1. The highest BCUT2D eigenvalue weighted by molar-refractivity contribution is 5.93. The third kappa shape index (κ3) is 3.66. The molecule has 2 heterocycles. The van der Waals surface area contributed by atoms with Crippen molar-refractivity contribution in [1.82, 2.24) is 10.3 Å². The van der Waals surface area contributed by atoms with Gasteiger partial charge in [-0.1, -0.05) is 54.5 Å². The molecule has 1 aliphatic heterocycles. The number of hydrogen-bond donors (Lipinski definition) is 3. The summed E-state index contributed by atoms with van der Waals surface area (Å²) in [5, 5.41) is 25.9. The molecule has 0 radical (unpaired) electrons. The van der Waals surface area contributed by atoms with Gasteiger partial charge in [-0.2, -0.15) is 0 Å². The molecule has 0 bridgehead atoms. The van der Waals surface area contributed by atoms with Crippen LogP contribution in [-0.2, 0) is 5.41 Å². The van der Waals surface area contributed by atoms with Crippen LogP contribution >= 0.6 is 0 Å². The molecule has 0 spiro atoms. The van der Waals surface area contributed by atoms with Crippen LogP contribution in [0, 0.1) is 11.3 Å². The van der Waals surface area contributed by atoms with Crippen molar-refractivity contribution >= 4 is 16.5 Å². The second-order valence-electron chi connectivity index (χ2n) is 14.1. The first-order chi connectivity index (χ1) is 21.2. The number of benzene rings is 1. The quantitative estimate of drug-likeness (QED) is 0.307. The first kappa shape index (κ1) is 26.2. The largest absolute Gasteiger partial charge is 0.396 e. The van der Waals surface area contributed by atoms with Gasteiger partial charge in [-0.05, 0) is 116 Å². The summed E-state index contributed by atoms with van der Waals surface area (Å²) in [7, 11) is 0. The molecule has 4 heteroatoms. The van der Waals surface area contributed by atoms with E-state index in [1.807, 2.05) is 0 Å². The Labute approximate surface area is 254 Å². The third-order valence-electron chi connectivity index (χ3n) is 11.8. The number of para-hydroxylation sites is 1. The number of dihydropyridines is 1. The SMILES string of the molecule is OCCCC1(CC2(CCCO)C3=CCCC=C3c3nc4ccccc4cc32)C2=C(NC3CCCCC3=C2)C2=CC3CC3=C21. The van der Waals surface area contributed by atoms with E-state index < -0.39 is 0 Å². The van der Waals surface area contributed by atoms with Crippen LogP contribution < -0.4 is 5.32 Å². The van der Waals surface area contributed by atoms with Gasteiger partial charge in [0.15, 0.2) is 0 Å². The van der Waals surface area contributed by atoms with Gasteiger partial charge in [0.1, 0.15) is 0 Å². The van der Waals surface area contributed by atoms with Crippen LogP contribution in [0.2, 0.25) is 0 Å². The van der Waals surface area contributed by atoms with Crippen LogP contribution in [0.1, 0.15) is 88.3 Å². The Balaban J connectivity index is 1.29. The average Bonchev–Trinajstić information content (AvgIpc) is 3.54. The fourth-order valence-corrected chi connectivity index (χ4v) is 10.0. The number of pyridine rings is 1. The van der Waals surface area contributed by atoms with Gasteiger partial charge in [0.25, 0.3) is 0 Å². The van der Waals surface area contributed by atoms with E-state index in [0.29, 0.717) is 12.0 Å². The molecule has 0 amide bonds. The fraction of sp³-hybridized carbons (Fsp3) is 0.462. The summed E-state index contributed by atoms with van der Waals surface area (Å²) in [6.07, 6.45) is 22.8. The standard InChI is InChI=1S/C39H42N2O2/c42-17-7-15-38(30-12-4-3-11-27(30)36-31(38)21-24-9-1-5-13-33(24)40-36)23-39(16-8-18-43)32-22-25-10-2-6-14-34(25)41-37(32)29-20-26-19-28(26)35(29)39/h1,5,9,11-13,20-22,26,34,41-43H,2-4,6-8,10,14-19,23H2. The highest BCUT2D eigenvalue weighted by Crippen LogP contribution is 2.70. The maximum atomic E-state index is 10.3. The van der Waals surface area contributed by atoms with E-state index in [1.54, 1.807) is 16.7 Å². The molecule has 220 valence electrons. The molecule has 6 aliphatic carbocycles. The molecule has 43 heavy (non-hydrogen) atoms. The summed E-state index contributed by atoms with van der Waals surface area (Å²) < 4.78 is 0. The van der Waals surface area contributed by atoms with E-state index in [9.17, 15) is 10.2 Å². The van der Waals surface area contributed by atoms with Gasteiger partial charge in [-0.15, -0.1) is 0 Å². The van der Waals surface area contributed by atoms with Gasteiger partial charge in [0.2, 0.25) is 0 Å². The lowest BCUT2D eigenvalue weighted by atomic mass is 9.58. The predicted octanol–water partition coefficient (Wildman–Crippen LogP) is 7.51. The maximum Gasteiger partial charge on any atom is 0.0750 e. The van der Waals surface area contributed by atoms with Crippen molar-refractivity contribution in [3.63, 3.8) is 0 Å². The molecule has 4 nitrogen and oxygen atoms in total. The van der Waals surface area contributed by atoms with E-state index in [4.69, 9.17) is 4.98 Å². The number of aliphatic hydroxyl groups excluding tert-OH is 2. The highest BCUT2D eigenvalue weighted by atomic mass is 16.3. The molecule has 4 atom stereocenters. The van der Waals surface area contributed by atoms with Crippen molar-refractivity contribution in [3.05, 3.63) is 105 Å². The number of aliphatic hydroxyl groups is 2. The van der Waals surface area contributed by atoms with Crippen LogP contribution in [0.15, 0.2) is 93.8 Å². The monoisotopic (exact) mass is 570 g/mol. The summed E-state index contributed by atoms with van der Waals surface area (Å²) >= 11 is 0. The topological polar surface area (TPSA) is 65.4 Å². The van der Waals surface area contributed by atoms with Crippen molar-refractivity contribution in [2.24, 2.45) is 11.3 Å². The molecule has 2 aromatic rings. The van der Waals surface area contributed by atoms with Gasteiger partial charge in [-0.3, -0.25) is 0 Å². The number of hydrogen-bond acceptors (Lipinski definition) is 4. The van der Waals surface area contributed by atoms with Crippen LogP contribution in [0.4, 0.5) is 0 Å². The molecule has 1 aromatic heterocycles. The van der Waals surface area contributed by atoms with Crippen molar-refractivity contribution in [2.45, 2.75) is 88.5 Å². The molecular formula is C39H42N2O2. The van der Waals surface area contributed by atoms with E-state index in [-0.39, 0.29) is 24.0 Å². The Bertz CT molecular complexity index is 1750. The molecule has 7 aliphatic rings. The van der Waals surface area contributed by atoms with Crippen LogP contribution in [0.25, 0.3) is 16.5 Å². The Morgan fingerprint density at radius 3 is 2.67 bits per heavy atom.